The summed E-state index contributed by atoms with van der Waals surface area (Å²) in [5.74, 6) is 0. The third kappa shape index (κ3) is 3.42. The first-order valence-corrected chi connectivity index (χ1v) is 4.09. The van der Waals surface area contributed by atoms with Crippen LogP contribution >= 0.6 is 0 Å². The van der Waals surface area contributed by atoms with Gasteiger partial charge in [-0.3, -0.25) is 19.1 Å². The van der Waals surface area contributed by atoms with Crippen molar-refractivity contribution >= 4 is 5.69 Å². The third-order valence-electron chi connectivity index (χ3n) is 1.64. The molecular formula is C7H8F3N3O3. The fourth-order valence-electron chi connectivity index (χ4n) is 0.952. The molecule has 0 spiro atoms. The lowest BCUT2D eigenvalue weighted by atomic mass is 10.5. The minimum atomic E-state index is -4.75. The van der Waals surface area contributed by atoms with Gasteiger partial charge in [0.15, 0.2) is 0 Å². The van der Waals surface area contributed by atoms with Crippen LogP contribution in [-0.4, -0.2) is 22.5 Å². The van der Waals surface area contributed by atoms with Crippen LogP contribution in [0.5, 0.6) is 0 Å². The third-order valence-corrected chi connectivity index (χ3v) is 1.64. The van der Waals surface area contributed by atoms with Gasteiger partial charge < -0.3 is 5.73 Å². The van der Waals surface area contributed by atoms with E-state index in [1.165, 1.54) is 0 Å². The molecule has 1 aromatic heterocycles. The highest BCUT2D eigenvalue weighted by Gasteiger charge is 2.28. The number of rotatable bonds is 3. The molecule has 1 rings (SSSR count). The van der Waals surface area contributed by atoms with Gasteiger partial charge in [-0.15, -0.1) is 13.2 Å². The summed E-state index contributed by atoms with van der Waals surface area (Å²) in [6.45, 7) is -1.10. The van der Waals surface area contributed by atoms with Crippen molar-refractivity contribution in [3.63, 3.8) is 0 Å². The van der Waals surface area contributed by atoms with Crippen LogP contribution in [0.4, 0.5) is 18.9 Å². The molecule has 6 nitrogen and oxygen atoms in total. The van der Waals surface area contributed by atoms with E-state index in [1.54, 1.807) is 0 Å². The Morgan fingerprint density at radius 3 is 2.62 bits per heavy atom. The Labute approximate surface area is 86.4 Å². The number of H-pyrrole nitrogens is 1. The second-order valence-electron chi connectivity index (χ2n) is 2.83. The average Bonchev–Trinajstić information content (AvgIpc) is 2.11. The van der Waals surface area contributed by atoms with Crippen molar-refractivity contribution < 1.29 is 17.9 Å². The van der Waals surface area contributed by atoms with Crippen LogP contribution in [0.3, 0.4) is 0 Å². The SMILES string of the molecule is Nc1cn(CCOC(F)(F)F)c(=O)[nH]c1=O. The molecule has 0 fully saturated rings. The van der Waals surface area contributed by atoms with E-state index in [1.807, 2.05) is 4.98 Å². The van der Waals surface area contributed by atoms with E-state index in [0.717, 1.165) is 10.8 Å². The van der Waals surface area contributed by atoms with Gasteiger partial charge in [0.25, 0.3) is 5.56 Å². The summed E-state index contributed by atoms with van der Waals surface area (Å²) >= 11 is 0. The summed E-state index contributed by atoms with van der Waals surface area (Å²) in [5, 5.41) is 0. The summed E-state index contributed by atoms with van der Waals surface area (Å²) in [6, 6.07) is 0. The van der Waals surface area contributed by atoms with Crippen LogP contribution < -0.4 is 17.0 Å². The zero-order chi connectivity index (χ0) is 12.3. The number of anilines is 1. The highest BCUT2D eigenvalue weighted by Crippen LogP contribution is 2.15. The molecule has 0 aliphatic heterocycles. The first-order valence-electron chi connectivity index (χ1n) is 4.09. The zero-order valence-electron chi connectivity index (χ0n) is 7.87. The maximum Gasteiger partial charge on any atom is 0.522 e. The molecule has 0 atom stereocenters. The van der Waals surface area contributed by atoms with Gasteiger partial charge in [0, 0.05) is 6.20 Å². The molecule has 3 N–H and O–H groups in total. The number of hydrogen-bond acceptors (Lipinski definition) is 4. The monoisotopic (exact) mass is 239 g/mol. The van der Waals surface area contributed by atoms with Crippen molar-refractivity contribution in [1.82, 2.24) is 9.55 Å². The van der Waals surface area contributed by atoms with E-state index in [4.69, 9.17) is 5.73 Å². The highest BCUT2D eigenvalue weighted by atomic mass is 19.4. The van der Waals surface area contributed by atoms with Crippen LogP contribution in [0.15, 0.2) is 15.8 Å². The van der Waals surface area contributed by atoms with Crippen molar-refractivity contribution in [3.8, 4) is 0 Å². The Kier molecular flexibility index (Phi) is 3.38. The smallest absolute Gasteiger partial charge is 0.393 e. The molecule has 0 aliphatic carbocycles. The average molecular weight is 239 g/mol. The number of halogens is 3. The predicted octanol–water partition coefficient (Wildman–Crippen LogP) is -0.345. The molecule has 0 bridgehead atoms. The standard InChI is InChI=1S/C7H8F3N3O3/c8-7(9,10)16-2-1-13-3-4(11)5(14)12-6(13)15/h3H,1-2,11H2,(H,12,14,15). The van der Waals surface area contributed by atoms with Gasteiger partial charge in [-0.1, -0.05) is 0 Å². The molecule has 0 saturated carbocycles. The Hall–Kier alpha value is -1.77. The van der Waals surface area contributed by atoms with Crippen molar-refractivity contribution in [2.45, 2.75) is 12.9 Å². The zero-order valence-corrected chi connectivity index (χ0v) is 7.87. The lowest BCUT2D eigenvalue weighted by Crippen LogP contribution is -2.32. The fraction of sp³-hybridized carbons (Fsp3) is 0.429. The number of alkyl halides is 3. The lowest BCUT2D eigenvalue weighted by Gasteiger charge is -2.08. The Bertz CT molecular complexity index is 476. The highest BCUT2D eigenvalue weighted by molar-refractivity contribution is 5.30. The van der Waals surface area contributed by atoms with Crippen LogP contribution in [-0.2, 0) is 11.3 Å². The van der Waals surface area contributed by atoms with E-state index in [9.17, 15) is 22.8 Å². The topological polar surface area (TPSA) is 90.1 Å². The Morgan fingerprint density at radius 2 is 2.06 bits per heavy atom. The first kappa shape index (κ1) is 12.3. The van der Waals surface area contributed by atoms with Gasteiger partial charge in [0.1, 0.15) is 5.69 Å². The van der Waals surface area contributed by atoms with Crippen molar-refractivity contribution in [2.75, 3.05) is 12.3 Å². The summed E-state index contributed by atoms with van der Waals surface area (Å²) in [7, 11) is 0. The summed E-state index contributed by atoms with van der Waals surface area (Å²) in [4.78, 5) is 23.7. The largest absolute Gasteiger partial charge is 0.522 e. The molecule has 16 heavy (non-hydrogen) atoms. The summed E-state index contributed by atoms with van der Waals surface area (Å²) in [5.41, 5.74) is 3.30. The maximum atomic E-state index is 11.6. The van der Waals surface area contributed by atoms with Crippen molar-refractivity contribution in [3.05, 3.63) is 27.0 Å². The van der Waals surface area contributed by atoms with Crippen LogP contribution in [0.1, 0.15) is 0 Å². The van der Waals surface area contributed by atoms with Crippen molar-refractivity contribution in [1.29, 1.82) is 0 Å². The van der Waals surface area contributed by atoms with Gasteiger partial charge in [0.05, 0.1) is 13.2 Å². The van der Waals surface area contributed by atoms with Crippen LogP contribution in [0.2, 0.25) is 0 Å². The minimum absolute atomic E-state index is 0.258. The van der Waals surface area contributed by atoms with E-state index in [2.05, 4.69) is 4.74 Å². The van der Waals surface area contributed by atoms with Gasteiger partial charge in [-0.25, -0.2) is 4.79 Å². The minimum Gasteiger partial charge on any atom is -0.393 e. The molecule has 0 unspecified atom stereocenters. The molecule has 0 saturated heterocycles. The van der Waals surface area contributed by atoms with E-state index < -0.39 is 24.2 Å². The van der Waals surface area contributed by atoms with Crippen LogP contribution in [0, 0.1) is 0 Å². The summed E-state index contributed by atoms with van der Waals surface area (Å²) < 4.78 is 39.1. The Balaban J connectivity index is 2.72. The number of nitrogens with two attached hydrogens (primary N) is 1. The molecule has 0 aromatic carbocycles. The predicted molar refractivity (Wildman–Crippen MR) is 47.7 cm³/mol. The molecule has 90 valence electrons. The number of nitrogens with zero attached hydrogens (tertiary/aromatic N) is 1. The second kappa shape index (κ2) is 4.39. The lowest BCUT2D eigenvalue weighted by molar-refractivity contribution is -0.325. The quantitative estimate of drug-likeness (QED) is 0.754. The van der Waals surface area contributed by atoms with Crippen LogP contribution in [0.25, 0.3) is 0 Å². The number of hydrogen-bond donors (Lipinski definition) is 2. The number of ether oxygens (including phenoxy) is 1. The fourth-order valence-corrected chi connectivity index (χ4v) is 0.952. The molecule has 1 aromatic rings. The second-order valence-corrected chi connectivity index (χ2v) is 2.83. The van der Waals surface area contributed by atoms with Gasteiger partial charge >= 0.3 is 12.1 Å². The maximum absolute atomic E-state index is 11.6. The van der Waals surface area contributed by atoms with Crippen molar-refractivity contribution in [2.24, 2.45) is 0 Å². The number of nitrogen functional groups attached to an aromatic ring is 1. The molecule has 9 heteroatoms. The number of aromatic nitrogens is 2. The van der Waals surface area contributed by atoms with Gasteiger partial charge in [-0.05, 0) is 0 Å². The van der Waals surface area contributed by atoms with E-state index >= 15 is 0 Å². The molecule has 0 aliphatic rings. The van der Waals surface area contributed by atoms with E-state index in [0.29, 0.717) is 0 Å². The normalized spacial score (nSPS) is 11.7. The van der Waals surface area contributed by atoms with Gasteiger partial charge in [0.2, 0.25) is 0 Å². The number of aromatic amines is 1. The molecule has 1 heterocycles. The first-order chi connectivity index (χ1) is 7.29. The molecule has 0 amide bonds. The summed E-state index contributed by atoms with van der Waals surface area (Å²) in [6.07, 6.45) is -3.79. The molecular weight excluding hydrogens is 231 g/mol. The molecule has 0 radical (unpaired) electrons. The van der Waals surface area contributed by atoms with E-state index in [-0.39, 0.29) is 12.2 Å². The number of nitrogens with one attached hydrogen (secondary N) is 1. The Morgan fingerprint density at radius 1 is 1.44 bits per heavy atom. The van der Waals surface area contributed by atoms with Gasteiger partial charge in [-0.2, -0.15) is 0 Å².